The van der Waals surface area contributed by atoms with E-state index in [1.807, 2.05) is 24.4 Å². The molecule has 1 atom stereocenters. The molecule has 5 nitrogen and oxygen atoms in total. The quantitative estimate of drug-likeness (QED) is 0.478. The molecule has 1 saturated heterocycles. The lowest BCUT2D eigenvalue weighted by Crippen LogP contribution is -2.39. The molecule has 1 aliphatic heterocycles. The van der Waals surface area contributed by atoms with E-state index in [4.69, 9.17) is 0 Å². The maximum atomic E-state index is 4.30. The Bertz CT molecular complexity index is 446. The monoisotopic (exact) mass is 303 g/mol. The predicted molar refractivity (Wildman–Crippen MR) is 91.9 cm³/mol. The van der Waals surface area contributed by atoms with E-state index in [1.165, 1.54) is 32.5 Å². The van der Waals surface area contributed by atoms with E-state index in [0.717, 1.165) is 30.5 Å². The molecule has 0 amide bonds. The molecule has 0 spiro atoms. The third kappa shape index (κ3) is 6.02. The first-order valence-electron chi connectivity index (χ1n) is 8.34. The van der Waals surface area contributed by atoms with Crippen LogP contribution in [0.3, 0.4) is 0 Å². The Labute approximate surface area is 134 Å². The van der Waals surface area contributed by atoms with Crippen LogP contribution in [0.1, 0.15) is 31.9 Å². The van der Waals surface area contributed by atoms with Crippen molar-refractivity contribution in [1.82, 2.24) is 20.5 Å². The van der Waals surface area contributed by atoms with Crippen LogP contribution < -0.4 is 10.6 Å². The normalized spacial score (nSPS) is 19.9. The van der Waals surface area contributed by atoms with Crippen molar-refractivity contribution in [3.05, 3.63) is 30.1 Å². The van der Waals surface area contributed by atoms with Gasteiger partial charge in [0.15, 0.2) is 5.96 Å². The van der Waals surface area contributed by atoms with Gasteiger partial charge in [0.1, 0.15) is 0 Å². The highest BCUT2D eigenvalue weighted by Crippen LogP contribution is 2.15. The summed E-state index contributed by atoms with van der Waals surface area (Å²) in [4.78, 5) is 11.1. The van der Waals surface area contributed by atoms with Gasteiger partial charge in [0.25, 0.3) is 0 Å². The summed E-state index contributed by atoms with van der Waals surface area (Å²) >= 11 is 0. The number of guanidine groups is 1. The molecular weight excluding hydrogens is 274 g/mol. The number of aliphatic imine (C=N–C) groups is 1. The number of piperidine rings is 1. The molecule has 2 heterocycles. The Morgan fingerprint density at radius 2 is 2.32 bits per heavy atom. The number of hydrogen-bond acceptors (Lipinski definition) is 3. The van der Waals surface area contributed by atoms with Crippen LogP contribution in [0.15, 0.2) is 29.4 Å². The summed E-state index contributed by atoms with van der Waals surface area (Å²) in [6.45, 7) is 7.70. The van der Waals surface area contributed by atoms with E-state index in [0.29, 0.717) is 6.54 Å². The van der Waals surface area contributed by atoms with Crippen LogP contribution in [0, 0.1) is 5.92 Å². The SMILES string of the molecule is CN=C(NCCCN1CCCC(C)C1)NCc1ccccn1. The third-order valence-electron chi connectivity index (χ3n) is 4.07. The molecule has 2 N–H and O–H groups in total. The molecule has 1 aromatic heterocycles. The van der Waals surface area contributed by atoms with Crippen LogP contribution in [0.2, 0.25) is 0 Å². The number of rotatable bonds is 6. The molecule has 122 valence electrons. The topological polar surface area (TPSA) is 52.6 Å². The molecule has 1 unspecified atom stereocenters. The summed E-state index contributed by atoms with van der Waals surface area (Å²) < 4.78 is 0. The summed E-state index contributed by atoms with van der Waals surface area (Å²) in [6.07, 6.45) is 5.70. The number of nitrogens with zero attached hydrogens (tertiary/aromatic N) is 3. The van der Waals surface area contributed by atoms with Gasteiger partial charge < -0.3 is 15.5 Å². The molecule has 0 aromatic carbocycles. The first kappa shape index (κ1) is 16.7. The first-order valence-corrected chi connectivity index (χ1v) is 8.34. The second-order valence-corrected chi connectivity index (χ2v) is 6.08. The molecule has 22 heavy (non-hydrogen) atoms. The third-order valence-corrected chi connectivity index (χ3v) is 4.07. The zero-order valence-electron chi connectivity index (χ0n) is 13.9. The zero-order valence-corrected chi connectivity index (χ0v) is 13.9. The minimum atomic E-state index is 0.699. The van der Waals surface area contributed by atoms with E-state index in [2.05, 4.69) is 32.4 Å². The number of aromatic nitrogens is 1. The number of hydrogen-bond donors (Lipinski definition) is 2. The fourth-order valence-corrected chi connectivity index (χ4v) is 2.90. The maximum Gasteiger partial charge on any atom is 0.191 e. The second kappa shape index (κ2) is 9.41. The lowest BCUT2D eigenvalue weighted by molar-refractivity contribution is 0.182. The largest absolute Gasteiger partial charge is 0.356 e. The summed E-state index contributed by atoms with van der Waals surface area (Å²) in [5, 5.41) is 6.67. The lowest BCUT2D eigenvalue weighted by Gasteiger charge is -2.30. The van der Waals surface area contributed by atoms with Gasteiger partial charge in [-0.15, -0.1) is 0 Å². The van der Waals surface area contributed by atoms with Gasteiger partial charge in [-0.3, -0.25) is 9.98 Å². The Hall–Kier alpha value is -1.62. The van der Waals surface area contributed by atoms with Gasteiger partial charge in [-0.2, -0.15) is 0 Å². The van der Waals surface area contributed by atoms with Gasteiger partial charge in [-0.25, -0.2) is 0 Å². The molecule has 0 bridgehead atoms. The highest BCUT2D eigenvalue weighted by molar-refractivity contribution is 5.79. The molecule has 0 aliphatic carbocycles. The van der Waals surface area contributed by atoms with Crippen molar-refractivity contribution in [3.63, 3.8) is 0 Å². The average Bonchev–Trinajstić information content (AvgIpc) is 2.55. The minimum absolute atomic E-state index is 0.699. The van der Waals surface area contributed by atoms with Crippen molar-refractivity contribution in [3.8, 4) is 0 Å². The van der Waals surface area contributed by atoms with Crippen molar-refractivity contribution in [2.24, 2.45) is 10.9 Å². The summed E-state index contributed by atoms with van der Waals surface area (Å²) in [5.41, 5.74) is 1.02. The van der Waals surface area contributed by atoms with Crippen molar-refractivity contribution in [2.45, 2.75) is 32.7 Å². The van der Waals surface area contributed by atoms with Crippen LogP contribution >= 0.6 is 0 Å². The molecule has 0 radical (unpaired) electrons. The van der Waals surface area contributed by atoms with Crippen molar-refractivity contribution >= 4 is 5.96 Å². The van der Waals surface area contributed by atoms with E-state index >= 15 is 0 Å². The Morgan fingerprint density at radius 3 is 3.05 bits per heavy atom. The predicted octanol–water partition coefficient (Wildman–Crippen LogP) is 1.87. The Kier molecular flexibility index (Phi) is 7.16. The van der Waals surface area contributed by atoms with Gasteiger partial charge in [-0.05, 0) is 50.4 Å². The molecular formula is C17H29N5. The summed E-state index contributed by atoms with van der Waals surface area (Å²) in [6, 6.07) is 5.94. The smallest absolute Gasteiger partial charge is 0.191 e. The Morgan fingerprint density at radius 1 is 1.41 bits per heavy atom. The van der Waals surface area contributed by atoms with Crippen LogP contribution in [0.5, 0.6) is 0 Å². The standard InChI is InChI=1S/C17H29N5/c1-15-7-5-11-22(14-15)12-6-10-20-17(18-2)21-13-16-8-3-4-9-19-16/h3-4,8-9,15H,5-7,10-14H2,1-2H3,(H2,18,20,21). The van der Waals surface area contributed by atoms with Gasteiger partial charge >= 0.3 is 0 Å². The second-order valence-electron chi connectivity index (χ2n) is 6.08. The lowest BCUT2D eigenvalue weighted by atomic mass is 10.0. The average molecular weight is 303 g/mol. The fraction of sp³-hybridized carbons (Fsp3) is 0.647. The van der Waals surface area contributed by atoms with Crippen LogP contribution in [-0.4, -0.2) is 49.1 Å². The fourth-order valence-electron chi connectivity index (χ4n) is 2.90. The van der Waals surface area contributed by atoms with Crippen LogP contribution in [-0.2, 0) is 6.54 Å². The van der Waals surface area contributed by atoms with Gasteiger partial charge in [0.2, 0.25) is 0 Å². The molecule has 5 heteroatoms. The van der Waals surface area contributed by atoms with E-state index in [9.17, 15) is 0 Å². The minimum Gasteiger partial charge on any atom is -0.356 e. The van der Waals surface area contributed by atoms with E-state index in [-0.39, 0.29) is 0 Å². The Balaban J connectivity index is 1.60. The highest BCUT2D eigenvalue weighted by atomic mass is 15.2. The number of pyridine rings is 1. The first-order chi connectivity index (χ1) is 10.8. The van der Waals surface area contributed by atoms with Crippen molar-refractivity contribution in [2.75, 3.05) is 33.2 Å². The molecule has 1 aromatic rings. The van der Waals surface area contributed by atoms with Crippen molar-refractivity contribution < 1.29 is 0 Å². The molecule has 1 aliphatic rings. The number of nitrogens with one attached hydrogen (secondary N) is 2. The number of likely N-dealkylation sites (tertiary alicyclic amines) is 1. The molecule has 1 fully saturated rings. The van der Waals surface area contributed by atoms with Gasteiger partial charge in [0, 0.05) is 26.3 Å². The van der Waals surface area contributed by atoms with Crippen molar-refractivity contribution in [1.29, 1.82) is 0 Å². The molecule has 0 saturated carbocycles. The van der Waals surface area contributed by atoms with Crippen LogP contribution in [0.25, 0.3) is 0 Å². The maximum absolute atomic E-state index is 4.30. The molecule has 2 rings (SSSR count). The van der Waals surface area contributed by atoms with Gasteiger partial charge in [-0.1, -0.05) is 13.0 Å². The van der Waals surface area contributed by atoms with E-state index < -0.39 is 0 Å². The summed E-state index contributed by atoms with van der Waals surface area (Å²) in [5.74, 6) is 1.70. The zero-order chi connectivity index (χ0) is 15.6. The van der Waals surface area contributed by atoms with E-state index in [1.54, 1.807) is 7.05 Å². The van der Waals surface area contributed by atoms with Gasteiger partial charge in [0.05, 0.1) is 12.2 Å². The van der Waals surface area contributed by atoms with Crippen LogP contribution in [0.4, 0.5) is 0 Å². The highest BCUT2D eigenvalue weighted by Gasteiger charge is 2.15. The summed E-state index contributed by atoms with van der Waals surface area (Å²) in [7, 11) is 1.81.